The van der Waals surface area contributed by atoms with Gasteiger partial charge in [0.2, 0.25) is 5.91 Å². The topological polar surface area (TPSA) is 87.2 Å². The van der Waals surface area contributed by atoms with Crippen LogP contribution in [0.15, 0.2) is 18.7 Å². The summed E-state index contributed by atoms with van der Waals surface area (Å²) in [5, 5.41) is 0. The molecule has 0 saturated heterocycles. The van der Waals surface area contributed by atoms with Crippen LogP contribution in [0.4, 0.5) is 4.79 Å². The predicted octanol–water partition coefficient (Wildman–Crippen LogP) is 0.397. The van der Waals surface area contributed by atoms with E-state index in [0.717, 1.165) is 0 Å². The van der Waals surface area contributed by atoms with Crippen molar-refractivity contribution in [2.45, 2.75) is 19.4 Å². The number of hydrogen-bond donors (Lipinski definition) is 1. The van der Waals surface area contributed by atoms with E-state index in [0.29, 0.717) is 0 Å². The minimum absolute atomic E-state index is 0.0826. The maximum absolute atomic E-state index is 11.4. The van der Waals surface area contributed by atoms with Gasteiger partial charge in [0.15, 0.2) is 0 Å². The summed E-state index contributed by atoms with van der Waals surface area (Å²) in [7, 11) is 0. The van der Waals surface area contributed by atoms with Gasteiger partial charge in [-0.15, -0.1) is 0 Å². The van der Waals surface area contributed by atoms with E-state index < -0.39 is 12.2 Å². The summed E-state index contributed by atoms with van der Waals surface area (Å²) in [6.45, 7) is 1.60. The Kier molecular flexibility index (Phi) is 3.22. The average molecular weight is 197 g/mol. The molecular formula is C8H11N3O3. The molecule has 0 aliphatic rings. The van der Waals surface area contributed by atoms with Gasteiger partial charge in [0.05, 0.1) is 6.42 Å². The second-order valence-electron chi connectivity index (χ2n) is 2.82. The number of carbonyl (C=O) groups is 2. The molecule has 1 heterocycles. The van der Waals surface area contributed by atoms with Crippen LogP contribution < -0.4 is 5.73 Å². The number of carbonyl (C=O) groups excluding carboxylic acids is 2. The molecule has 1 atom stereocenters. The van der Waals surface area contributed by atoms with Crippen molar-refractivity contribution in [3.63, 3.8) is 0 Å². The minimum atomic E-state index is -0.879. The Labute approximate surface area is 80.7 Å². The number of imidazole rings is 1. The van der Waals surface area contributed by atoms with E-state index in [1.165, 1.54) is 23.3 Å². The van der Waals surface area contributed by atoms with Crippen molar-refractivity contribution in [3.05, 3.63) is 18.7 Å². The molecule has 0 fully saturated rings. The van der Waals surface area contributed by atoms with Crippen molar-refractivity contribution in [2.75, 3.05) is 0 Å². The second-order valence-corrected chi connectivity index (χ2v) is 2.82. The van der Waals surface area contributed by atoms with Crippen molar-refractivity contribution in [1.82, 2.24) is 9.55 Å². The largest absolute Gasteiger partial charge is 0.446 e. The fraction of sp³-hybridized carbons (Fsp3) is 0.375. The SMILES string of the molecule is CC(CC(=O)n1ccnc1)OC(N)=O. The van der Waals surface area contributed by atoms with Crippen molar-refractivity contribution in [3.8, 4) is 0 Å². The first-order chi connectivity index (χ1) is 6.59. The van der Waals surface area contributed by atoms with E-state index in [9.17, 15) is 9.59 Å². The van der Waals surface area contributed by atoms with Crippen molar-refractivity contribution < 1.29 is 14.3 Å². The zero-order chi connectivity index (χ0) is 10.6. The molecule has 6 heteroatoms. The number of primary amides is 1. The number of nitrogens with zero attached hydrogens (tertiary/aromatic N) is 2. The molecule has 1 amide bonds. The maximum Gasteiger partial charge on any atom is 0.404 e. The van der Waals surface area contributed by atoms with Crippen LogP contribution in [-0.2, 0) is 4.74 Å². The first kappa shape index (κ1) is 10.2. The highest BCUT2D eigenvalue weighted by Crippen LogP contribution is 2.00. The fourth-order valence-electron chi connectivity index (χ4n) is 0.998. The van der Waals surface area contributed by atoms with E-state index in [1.54, 1.807) is 6.92 Å². The lowest BCUT2D eigenvalue weighted by Crippen LogP contribution is -2.24. The number of rotatable bonds is 3. The summed E-state index contributed by atoms with van der Waals surface area (Å²) in [6, 6.07) is 0. The lowest BCUT2D eigenvalue weighted by molar-refractivity contribution is 0.0762. The Hall–Kier alpha value is -1.85. The quantitative estimate of drug-likeness (QED) is 0.759. The number of hydrogen-bond acceptors (Lipinski definition) is 4. The number of ether oxygens (including phenoxy) is 1. The Morgan fingerprint density at radius 1 is 1.64 bits per heavy atom. The number of nitrogens with two attached hydrogens (primary N) is 1. The summed E-state index contributed by atoms with van der Waals surface area (Å²) in [4.78, 5) is 25.5. The van der Waals surface area contributed by atoms with Crippen LogP contribution >= 0.6 is 0 Å². The highest BCUT2D eigenvalue weighted by molar-refractivity contribution is 5.79. The molecule has 76 valence electrons. The van der Waals surface area contributed by atoms with Crippen LogP contribution in [0.5, 0.6) is 0 Å². The molecular weight excluding hydrogens is 186 g/mol. The van der Waals surface area contributed by atoms with Crippen molar-refractivity contribution in [1.29, 1.82) is 0 Å². The normalized spacial score (nSPS) is 12.1. The van der Waals surface area contributed by atoms with Gasteiger partial charge in [0.1, 0.15) is 12.4 Å². The molecule has 1 rings (SSSR count). The summed E-state index contributed by atoms with van der Waals surface area (Å²) in [5.74, 6) is -0.198. The minimum Gasteiger partial charge on any atom is -0.446 e. The van der Waals surface area contributed by atoms with Gasteiger partial charge in [-0.2, -0.15) is 0 Å². The number of amides is 1. The Bertz CT molecular complexity index is 321. The zero-order valence-electron chi connectivity index (χ0n) is 7.71. The molecule has 1 aromatic heterocycles. The molecule has 1 aromatic rings. The molecule has 6 nitrogen and oxygen atoms in total. The molecule has 0 aliphatic carbocycles. The monoisotopic (exact) mass is 197 g/mol. The average Bonchev–Trinajstić information content (AvgIpc) is 2.53. The molecule has 0 bridgehead atoms. The van der Waals surface area contributed by atoms with Gasteiger partial charge < -0.3 is 10.5 Å². The smallest absolute Gasteiger partial charge is 0.404 e. The highest BCUT2D eigenvalue weighted by atomic mass is 16.6. The summed E-state index contributed by atoms with van der Waals surface area (Å²) >= 11 is 0. The van der Waals surface area contributed by atoms with Gasteiger partial charge in [-0.3, -0.25) is 9.36 Å². The molecule has 0 saturated carbocycles. The summed E-state index contributed by atoms with van der Waals surface area (Å²) in [5.41, 5.74) is 4.80. The predicted molar refractivity (Wildman–Crippen MR) is 47.6 cm³/mol. The fourth-order valence-corrected chi connectivity index (χ4v) is 0.998. The molecule has 0 radical (unpaired) electrons. The van der Waals surface area contributed by atoms with Gasteiger partial charge in [-0.05, 0) is 6.92 Å². The van der Waals surface area contributed by atoms with Crippen LogP contribution in [0.2, 0.25) is 0 Å². The van der Waals surface area contributed by atoms with Gasteiger partial charge in [-0.1, -0.05) is 0 Å². The second kappa shape index (κ2) is 4.40. The standard InChI is InChI=1S/C8H11N3O3/c1-6(14-8(9)13)4-7(12)11-3-2-10-5-11/h2-3,5-6H,4H2,1H3,(H2,9,13). The van der Waals surface area contributed by atoms with Crippen molar-refractivity contribution >= 4 is 12.0 Å². The van der Waals surface area contributed by atoms with E-state index in [-0.39, 0.29) is 12.3 Å². The third-order valence-corrected chi connectivity index (χ3v) is 1.57. The van der Waals surface area contributed by atoms with Crippen LogP contribution in [0.3, 0.4) is 0 Å². The van der Waals surface area contributed by atoms with Gasteiger partial charge in [0.25, 0.3) is 0 Å². The third kappa shape index (κ3) is 2.89. The third-order valence-electron chi connectivity index (χ3n) is 1.57. The van der Waals surface area contributed by atoms with E-state index in [2.05, 4.69) is 9.72 Å². The first-order valence-corrected chi connectivity index (χ1v) is 4.07. The van der Waals surface area contributed by atoms with Gasteiger partial charge in [0, 0.05) is 12.4 Å². The maximum atomic E-state index is 11.4. The number of aromatic nitrogens is 2. The Balaban J connectivity index is 2.45. The van der Waals surface area contributed by atoms with Gasteiger partial charge in [-0.25, -0.2) is 9.78 Å². The highest BCUT2D eigenvalue weighted by Gasteiger charge is 2.12. The molecule has 0 aromatic carbocycles. The summed E-state index contributed by atoms with van der Waals surface area (Å²) < 4.78 is 5.92. The van der Waals surface area contributed by atoms with Crippen LogP contribution in [0.25, 0.3) is 0 Å². The van der Waals surface area contributed by atoms with E-state index in [4.69, 9.17) is 5.73 Å². The Morgan fingerprint density at radius 3 is 2.86 bits per heavy atom. The lowest BCUT2D eigenvalue weighted by Gasteiger charge is -2.09. The molecule has 2 N–H and O–H groups in total. The molecule has 14 heavy (non-hydrogen) atoms. The molecule has 0 spiro atoms. The lowest BCUT2D eigenvalue weighted by atomic mass is 10.3. The van der Waals surface area contributed by atoms with E-state index >= 15 is 0 Å². The first-order valence-electron chi connectivity index (χ1n) is 4.07. The van der Waals surface area contributed by atoms with E-state index in [1.807, 2.05) is 0 Å². The zero-order valence-corrected chi connectivity index (χ0v) is 7.71. The molecule has 0 aliphatic heterocycles. The van der Waals surface area contributed by atoms with Gasteiger partial charge >= 0.3 is 6.09 Å². The van der Waals surface area contributed by atoms with Crippen LogP contribution in [0, 0.1) is 0 Å². The molecule has 1 unspecified atom stereocenters. The van der Waals surface area contributed by atoms with Crippen LogP contribution in [0.1, 0.15) is 18.1 Å². The summed E-state index contributed by atoms with van der Waals surface area (Å²) in [6.07, 6.45) is 3.09. The Morgan fingerprint density at radius 2 is 2.36 bits per heavy atom. The van der Waals surface area contributed by atoms with Crippen LogP contribution in [-0.4, -0.2) is 27.7 Å². The van der Waals surface area contributed by atoms with Crippen molar-refractivity contribution in [2.24, 2.45) is 5.73 Å².